The van der Waals surface area contributed by atoms with Gasteiger partial charge in [-0.25, -0.2) is 0 Å². The summed E-state index contributed by atoms with van der Waals surface area (Å²) in [6, 6.07) is 0. The van der Waals surface area contributed by atoms with Gasteiger partial charge in [-0.3, -0.25) is 4.79 Å². The number of nitrogens with one attached hydrogen (secondary N) is 1. The molecular weight excluding hydrogens is 190 g/mol. The minimum Gasteiger partial charge on any atom is -0.396 e. The number of hydrogen-bond acceptors (Lipinski definition) is 2. The molecule has 0 rings (SSSR count). The number of hydrogen-bond donors (Lipinski definition) is 2. The van der Waals surface area contributed by atoms with Crippen LogP contribution in [0.15, 0.2) is 11.6 Å². The van der Waals surface area contributed by atoms with Crippen molar-refractivity contribution in [3.8, 4) is 0 Å². The molecule has 0 aromatic heterocycles. The Balaban J connectivity index is 3.92. The second kappa shape index (κ2) is 6.62. The zero-order valence-electron chi connectivity index (χ0n) is 10.3. The number of carbonyl (C=O) groups is 1. The van der Waals surface area contributed by atoms with Crippen molar-refractivity contribution >= 4 is 5.91 Å². The molecule has 0 fully saturated rings. The molecule has 0 aromatic carbocycles. The third kappa shape index (κ3) is 8.18. The van der Waals surface area contributed by atoms with Gasteiger partial charge in [-0.1, -0.05) is 19.4 Å². The van der Waals surface area contributed by atoms with Gasteiger partial charge in [0.15, 0.2) is 0 Å². The highest BCUT2D eigenvalue weighted by Gasteiger charge is 2.17. The van der Waals surface area contributed by atoms with Crippen LogP contribution in [0.5, 0.6) is 0 Å². The van der Waals surface area contributed by atoms with Crippen molar-refractivity contribution in [1.29, 1.82) is 0 Å². The first-order chi connectivity index (χ1) is 6.87. The SMILES string of the molecule is CC(C)=CC(=O)NCC(C)(C)CCCO. The monoisotopic (exact) mass is 213 g/mol. The Kier molecular flexibility index (Phi) is 6.25. The van der Waals surface area contributed by atoms with E-state index in [1.54, 1.807) is 6.08 Å². The number of amides is 1. The van der Waals surface area contributed by atoms with Crippen LogP contribution in [-0.2, 0) is 4.79 Å². The molecule has 0 saturated heterocycles. The van der Waals surface area contributed by atoms with Gasteiger partial charge in [0.2, 0.25) is 5.91 Å². The summed E-state index contributed by atoms with van der Waals surface area (Å²) in [6.45, 7) is 8.84. The largest absolute Gasteiger partial charge is 0.396 e. The summed E-state index contributed by atoms with van der Waals surface area (Å²) in [5.41, 5.74) is 1.05. The van der Waals surface area contributed by atoms with E-state index in [2.05, 4.69) is 19.2 Å². The molecule has 0 saturated carbocycles. The van der Waals surface area contributed by atoms with E-state index in [4.69, 9.17) is 5.11 Å². The van der Waals surface area contributed by atoms with E-state index >= 15 is 0 Å². The van der Waals surface area contributed by atoms with Crippen LogP contribution in [-0.4, -0.2) is 24.2 Å². The van der Waals surface area contributed by atoms with Crippen molar-refractivity contribution in [2.75, 3.05) is 13.2 Å². The van der Waals surface area contributed by atoms with Crippen LogP contribution >= 0.6 is 0 Å². The second-order valence-electron chi connectivity index (χ2n) is 4.93. The van der Waals surface area contributed by atoms with E-state index in [9.17, 15) is 4.79 Å². The Bertz CT molecular complexity index is 228. The lowest BCUT2D eigenvalue weighted by Crippen LogP contribution is -2.33. The van der Waals surface area contributed by atoms with Crippen molar-refractivity contribution < 1.29 is 9.90 Å². The van der Waals surface area contributed by atoms with Gasteiger partial charge in [0.25, 0.3) is 0 Å². The van der Waals surface area contributed by atoms with Crippen molar-refractivity contribution in [1.82, 2.24) is 5.32 Å². The van der Waals surface area contributed by atoms with Crippen molar-refractivity contribution in [3.05, 3.63) is 11.6 Å². The highest BCUT2D eigenvalue weighted by atomic mass is 16.2. The first-order valence-corrected chi connectivity index (χ1v) is 5.41. The third-order valence-electron chi connectivity index (χ3n) is 2.17. The Morgan fingerprint density at radius 1 is 1.40 bits per heavy atom. The molecule has 1 amide bonds. The van der Waals surface area contributed by atoms with Gasteiger partial charge >= 0.3 is 0 Å². The van der Waals surface area contributed by atoms with E-state index in [-0.39, 0.29) is 17.9 Å². The minimum absolute atomic E-state index is 0.0351. The quantitative estimate of drug-likeness (QED) is 0.662. The van der Waals surface area contributed by atoms with E-state index in [0.29, 0.717) is 6.54 Å². The number of allylic oxidation sites excluding steroid dienone is 1. The molecule has 0 atom stereocenters. The van der Waals surface area contributed by atoms with Crippen LogP contribution in [0.4, 0.5) is 0 Å². The molecular formula is C12H23NO2. The first kappa shape index (κ1) is 14.2. The molecule has 0 aromatic rings. The van der Waals surface area contributed by atoms with Crippen molar-refractivity contribution in [2.45, 2.75) is 40.5 Å². The summed E-state index contributed by atoms with van der Waals surface area (Å²) < 4.78 is 0. The molecule has 88 valence electrons. The highest BCUT2D eigenvalue weighted by Crippen LogP contribution is 2.20. The van der Waals surface area contributed by atoms with Crippen LogP contribution in [0.1, 0.15) is 40.5 Å². The summed E-state index contributed by atoms with van der Waals surface area (Å²) in [6.07, 6.45) is 3.30. The molecule has 0 aliphatic carbocycles. The average molecular weight is 213 g/mol. The molecule has 0 bridgehead atoms. The minimum atomic E-state index is -0.0351. The zero-order chi connectivity index (χ0) is 11.9. The lowest BCUT2D eigenvalue weighted by Gasteiger charge is -2.24. The Hall–Kier alpha value is -0.830. The maximum Gasteiger partial charge on any atom is 0.243 e. The van der Waals surface area contributed by atoms with E-state index in [1.807, 2.05) is 13.8 Å². The zero-order valence-corrected chi connectivity index (χ0v) is 10.3. The number of aliphatic hydroxyl groups is 1. The molecule has 15 heavy (non-hydrogen) atoms. The van der Waals surface area contributed by atoms with Gasteiger partial charge in [0, 0.05) is 19.2 Å². The molecule has 0 aliphatic heterocycles. The third-order valence-corrected chi connectivity index (χ3v) is 2.17. The first-order valence-electron chi connectivity index (χ1n) is 5.41. The van der Waals surface area contributed by atoms with Crippen LogP contribution < -0.4 is 5.32 Å². The molecule has 0 radical (unpaired) electrons. The number of carbonyl (C=O) groups excluding carboxylic acids is 1. The molecule has 0 unspecified atom stereocenters. The molecule has 0 aliphatic rings. The summed E-state index contributed by atoms with van der Waals surface area (Å²) >= 11 is 0. The van der Waals surface area contributed by atoms with Crippen LogP contribution in [0.3, 0.4) is 0 Å². The van der Waals surface area contributed by atoms with Crippen LogP contribution in [0.2, 0.25) is 0 Å². The number of aliphatic hydroxyl groups excluding tert-OH is 1. The predicted molar refractivity (Wildman–Crippen MR) is 62.5 cm³/mol. The molecule has 3 nitrogen and oxygen atoms in total. The fourth-order valence-electron chi connectivity index (χ4n) is 1.29. The van der Waals surface area contributed by atoms with E-state index in [1.165, 1.54) is 0 Å². The maximum atomic E-state index is 11.3. The average Bonchev–Trinajstić information content (AvgIpc) is 2.11. The van der Waals surface area contributed by atoms with Gasteiger partial charge in [0.05, 0.1) is 0 Å². The van der Waals surface area contributed by atoms with Gasteiger partial charge in [-0.2, -0.15) is 0 Å². The summed E-state index contributed by atoms with van der Waals surface area (Å²) in [5.74, 6) is -0.0351. The van der Waals surface area contributed by atoms with Crippen LogP contribution in [0, 0.1) is 5.41 Å². The van der Waals surface area contributed by atoms with E-state index < -0.39 is 0 Å². The lowest BCUT2D eigenvalue weighted by molar-refractivity contribution is -0.117. The smallest absolute Gasteiger partial charge is 0.243 e. The van der Waals surface area contributed by atoms with Gasteiger partial charge < -0.3 is 10.4 Å². The Morgan fingerprint density at radius 2 is 2.00 bits per heavy atom. The topological polar surface area (TPSA) is 49.3 Å². The molecule has 3 heteroatoms. The number of rotatable bonds is 6. The van der Waals surface area contributed by atoms with Crippen LogP contribution in [0.25, 0.3) is 0 Å². The summed E-state index contributed by atoms with van der Waals surface area (Å²) in [7, 11) is 0. The molecule has 2 N–H and O–H groups in total. The summed E-state index contributed by atoms with van der Waals surface area (Å²) in [4.78, 5) is 11.3. The predicted octanol–water partition coefficient (Wildman–Crippen LogP) is 1.87. The van der Waals surface area contributed by atoms with E-state index in [0.717, 1.165) is 18.4 Å². The molecule has 0 heterocycles. The van der Waals surface area contributed by atoms with Crippen molar-refractivity contribution in [2.24, 2.45) is 5.41 Å². The Labute approximate surface area is 92.6 Å². The van der Waals surface area contributed by atoms with Crippen molar-refractivity contribution in [3.63, 3.8) is 0 Å². The fourth-order valence-corrected chi connectivity index (χ4v) is 1.29. The van der Waals surface area contributed by atoms with Gasteiger partial charge in [0.1, 0.15) is 0 Å². The second-order valence-corrected chi connectivity index (χ2v) is 4.93. The summed E-state index contributed by atoms with van der Waals surface area (Å²) in [5, 5.41) is 11.6. The normalized spacial score (nSPS) is 11.0. The highest BCUT2D eigenvalue weighted by molar-refractivity contribution is 5.88. The Morgan fingerprint density at radius 3 is 2.47 bits per heavy atom. The maximum absolute atomic E-state index is 11.3. The fraction of sp³-hybridized carbons (Fsp3) is 0.750. The molecule has 0 spiro atoms. The van der Waals surface area contributed by atoms with Gasteiger partial charge in [-0.15, -0.1) is 0 Å². The lowest BCUT2D eigenvalue weighted by atomic mass is 9.88. The standard InChI is InChI=1S/C12H23NO2/c1-10(2)8-11(15)13-9-12(3,4)6-5-7-14/h8,14H,5-7,9H2,1-4H3,(H,13,15). The van der Waals surface area contributed by atoms with Gasteiger partial charge in [-0.05, 0) is 32.1 Å².